The Kier molecular flexibility index (Phi) is 5.94. The fourth-order valence-electron chi connectivity index (χ4n) is 4.71. The Morgan fingerprint density at radius 2 is 2.00 bits per heavy atom. The standard InChI is InChI=1S/C25H24F2N4O3/c1-4-24(13-28)12-25(26,27)14-31(24)22(33)8-7-21(32)18-9-10-29-20-6-5-17(11-19(18)20)23-15(2)30-34-16(23)3/h5-6,9-11H,4,7-8,12,14H2,1-3H3/t24-/m0/s1. The maximum atomic E-state index is 14.0. The van der Waals surface area contributed by atoms with Crippen molar-refractivity contribution in [1.82, 2.24) is 15.0 Å². The lowest BCUT2D eigenvalue weighted by Crippen LogP contribution is -2.46. The molecule has 1 aromatic carbocycles. The molecule has 0 aliphatic carbocycles. The molecule has 1 aliphatic heterocycles. The lowest BCUT2D eigenvalue weighted by Gasteiger charge is -2.30. The Balaban J connectivity index is 1.58. The number of carbonyl (C=O) groups excluding carboxylic acids is 2. The fourth-order valence-corrected chi connectivity index (χ4v) is 4.71. The summed E-state index contributed by atoms with van der Waals surface area (Å²) in [5.41, 5.74) is 1.83. The number of benzene rings is 1. The van der Waals surface area contributed by atoms with Crippen molar-refractivity contribution >= 4 is 22.6 Å². The van der Waals surface area contributed by atoms with Crippen LogP contribution in [0.4, 0.5) is 8.78 Å². The van der Waals surface area contributed by atoms with E-state index in [-0.39, 0.29) is 25.0 Å². The van der Waals surface area contributed by atoms with Crippen molar-refractivity contribution in [3.8, 4) is 17.2 Å². The molecule has 1 amide bonds. The van der Waals surface area contributed by atoms with E-state index < -0.39 is 30.3 Å². The number of alkyl halides is 2. The number of fused-ring (bicyclic) bond motifs is 1. The third kappa shape index (κ3) is 4.04. The summed E-state index contributed by atoms with van der Waals surface area (Å²) in [5.74, 6) is -3.40. The lowest BCUT2D eigenvalue weighted by atomic mass is 9.93. The van der Waals surface area contributed by atoms with Gasteiger partial charge in [-0.25, -0.2) is 8.78 Å². The first-order valence-corrected chi connectivity index (χ1v) is 11.1. The second-order valence-electron chi connectivity index (χ2n) is 8.72. The molecule has 0 N–H and O–H groups in total. The second kappa shape index (κ2) is 8.60. The number of ketones is 1. The number of rotatable bonds is 6. The third-order valence-corrected chi connectivity index (χ3v) is 6.48. The number of amides is 1. The van der Waals surface area contributed by atoms with Crippen LogP contribution in [0.1, 0.15) is 54.4 Å². The van der Waals surface area contributed by atoms with E-state index >= 15 is 0 Å². The first-order chi connectivity index (χ1) is 16.1. The maximum absolute atomic E-state index is 14.0. The molecule has 3 heterocycles. The van der Waals surface area contributed by atoms with Crippen LogP contribution < -0.4 is 0 Å². The number of aryl methyl sites for hydroxylation is 2. The largest absolute Gasteiger partial charge is 0.361 e. The van der Waals surface area contributed by atoms with Crippen LogP contribution in [0.2, 0.25) is 0 Å². The van der Waals surface area contributed by atoms with Gasteiger partial charge in [-0.15, -0.1) is 0 Å². The fraction of sp³-hybridized carbons (Fsp3) is 0.400. The smallest absolute Gasteiger partial charge is 0.268 e. The highest BCUT2D eigenvalue weighted by molar-refractivity contribution is 6.08. The van der Waals surface area contributed by atoms with E-state index in [1.54, 1.807) is 26.0 Å². The van der Waals surface area contributed by atoms with Crippen molar-refractivity contribution in [2.75, 3.05) is 6.54 Å². The molecule has 0 saturated carbocycles. The van der Waals surface area contributed by atoms with Gasteiger partial charge >= 0.3 is 0 Å². The van der Waals surface area contributed by atoms with E-state index in [1.807, 2.05) is 25.1 Å². The van der Waals surface area contributed by atoms with Gasteiger partial charge in [0.15, 0.2) is 5.78 Å². The molecule has 9 heteroatoms. The summed E-state index contributed by atoms with van der Waals surface area (Å²) in [6.45, 7) is 4.44. The number of likely N-dealkylation sites (tertiary alicyclic amines) is 1. The number of pyridine rings is 1. The quantitative estimate of drug-likeness (QED) is 0.474. The van der Waals surface area contributed by atoms with E-state index in [0.717, 1.165) is 21.7 Å². The van der Waals surface area contributed by atoms with Crippen LogP contribution in [0.15, 0.2) is 35.0 Å². The van der Waals surface area contributed by atoms with Gasteiger partial charge in [-0.1, -0.05) is 18.1 Å². The summed E-state index contributed by atoms with van der Waals surface area (Å²) >= 11 is 0. The maximum Gasteiger partial charge on any atom is 0.268 e. The molecule has 1 fully saturated rings. The van der Waals surface area contributed by atoms with Gasteiger partial charge in [0.25, 0.3) is 5.92 Å². The van der Waals surface area contributed by atoms with Crippen molar-refractivity contribution in [3.63, 3.8) is 0 Å². The molecule has 1 saturated heterocycles. The number of hydrogen-bond donors (Lipinski definition) is 0. The Bertz CT molecular complexity index is 1310. The topological polar surface area (TPSA) is 100 Å². The van der Waals surface area contributed by atoms with Crippen LogP contribution in [0.25, 0.3) is 22.0 Å². The predicted molar refractivity (Wildman–Crippen MR) is 120 cm³/mol. The van der Waals surface area contributed by atoms with Crippen molar-refractivity contribution in [3.05, 3.63) is 47.5 Å². The van der Waals surface area contributed by atoms with Crippen molar-refractivity contribution in [2.24, 2.45) is 0 Å². The first-order valence-electron chi connectivity index (χ1n) is 11.1. The Labute approximate surface area is 195 Å². The van der Waals surface area contributed by atoms with Gasteiger partial charge in [0, 0.05) is 42.0 Å². The van der Waals surface area contributed by atoms with Crippen molar-refractivity contribution in [2.45, 2.75) is 57.9 Å². The van der Waals surface area contributed by atoms with E-state index in [0.29, 0.717) is 22.2 Å². The van der Waals surface area contributed by atoms with Crippen LogP contribution in [0, 0.1) is 25.2 Å². The Morgan fingerprint density at radius 3 is 2.65 bits per heavy atom. The lowest BCUT2D eigenvalue weighted by molar-refractivity contribution is -0.134. The molecule has 0 unspecified atom stereocenters. The molecule has 7 nitrogen and oxygen atoms in total. The van der Waals surface area contributed by atoms with Gasteiger partial charge in [-0.05, 0) is 44.0 Å². The number of Topliss-reactive ketones (excluding diaryl/α,β-unsaturated/α-hetero) is 1. The molecule has 0 spiro atoms. The summed E-state index contributed by atoms with van der Waals surface area (Å²) in [6.07, 6.45) is 0.503. The SMILES string of the molecule is CC[C@@]1(C#N)CC(F)(F)CN1C(=O)CCC(=O)c1ccnc2ccc(-c3c(C)noc3C)cc12. The summed E-state index contributed by atoms with van der Waals surface area (Å²) in [5, 5.41) is 14.1. The Hall–Kier alpha value is -3.67. The van der Waals surface area contributed by atoms with E-state index in [4.69, 9.17) is 4.52 Å². The van der Waals surface area contributed by atoms with Crippen molar-refractivity contribution in [1.29, 1.82) is 5.26 Å². The number of nitrogens with zero attached hydrogens (tertiary/aromatic N) is 4. The van der Waals surface area contributed by atoms with Crippen LogP contribution in [0.5, 0.6) is 0 Å². The summed E-state index contributed by atoms with van der Waals surface area (Å²) in [6, 6.07) is 9.00. The van der Waals surface area contributed by atoms with Gasteiger partial charge in [0.05, 0.1) is 23.8 Å². The monoisotopic (exact) mass is 466 g/mol. The van der Waals surface area contributed by atoms with Gasteiger partial charge in [-0.3, -0.25) is 14.6 Å². The number of hydrogen-bond acceptors (Lipinski definition) is 6. The first kappa shape index (κ1) is 23.5. The zero-order chi connectivity index (χ0) is 24.7. The molecular weight excluding hydrogens is 442 g/mol. The van der Waals surface area contributed by atoms with Crippen LogP contribution in [0.3, 0.4) is 0 Å². The van der Waals surface area contributed by atoms with Gasteiger partial charge in [0.1, 0.15) is 11.3 Å². The molecule has 0 bridgehead atoms. The minimum atomic E-state index is -3.12. The molecule has 176 valence electrons. The molecule has 2 aromatic heterocycles. The van der Waals surface area contributed by atoms with Gasteiger partial charge in [-0.2, -0.15) is 5.26 Å². The van der Waals surface area contributed by atoms with E-state index in [2.05, 4.69) is 10.1 Å². The highest BCUT2D eigenvalue weighted by Crippen LogP contribution is 2.41. The average molecular weight is 466 g/mol. The summed E-state index contributed by atoms with van der Waals surface area (Å²) in [4.78, 5) is 31.2. The molecule has 1 atom stereocenters. The van der Waals surface area contributed by atoms with E-state index in [1.165, 1.54) is 6.20 Å². The molecule has 4 rings (SSSR count). The van der Waals surface area contributed by atoms with Gasteiger partial charge in [0.2, 0.25) is 5.91 Å². The molecule has 0 radical (unpaired) electrons. The third-order valence-electron chi connectivity index (χ3n) is 6.48. The molecule has 34 heavy (non-hydrogen) atoms. The predicted octanol–water partition coefficient (Wildman–Crippen LogP) is 5.01. The minimum Gasteiger partial charge on any atom is -0.361 e. The highest BCUT2D eigenvalue weighted by Gasteiger charge is 2.56. The number of nitriles is 1. The molecule has 1 aliphatic rings. The van der Waals surface area contributed by atoms with Gasteiger partial charge < -0.3 is 9.42 Å². The van der Waals surface area contributed by atoms with Crippen LogP contribution in [-0.2, 0) is 4.79 Å². The number of halogens is 2. The number of carbonyl (C=O) groups is 2. The molecule has 3 aromatic rings. The normalized spacial score (nSPS) is 19.4. The van der Waals surface area contributed by atoms with E-state index in [9.17, 15) is 23.6 Å². The second-order valence-corrected chi connectivity index (χ2v) is 8.72. The average Bonchev–Trinajstić information content (AvgIpc) is 3.31. The van der Waals surface area contributed by atoms with Crippen LogP contribution >= 0.6 is 0 Å². The highest BCUT2D eigenvalue weighted by atomic mass is 19.3. The zero-order valence-corrected chi connectivity index (χ0v) is 19.2. The van der Waals surface area contributed by atoms with Crippen LogP contribution in [-0.4, -0.2) is 44.7 Å². The zero-order valence-electron chi connectivity index (χ0n) is 19.2. The van der Waals surface area contributed by atoms with Crippen molar-refractivity contribution < 1.29 is 22.9 Å². The number of aromatic nitrogens is 2. The summed E-state index contributed by atoms with van der Waals surface area (Å²) in [7, 11) is 0. The molecular formula is C25H24F2N4O3. The minimum absolute atomic E-state index is 0.0955. The Morgan fingerprint density at radius 1 is 1.24 bits per heavy atom. The summed E-state index contributed by atoms with van der Waals surface area (Å²) < 4.78 is 33.3.